The van der Waals surface area contributed by atoms with Crippen LogP contribution in [0.3, 0.4) is 0 Å². The van der Waals surface area contributed by atoms with E-state index in [0.717, 1.165) is 0 Å². The van der Waals surface area contributed by atoms with E-state index in [2.05, 4.69) is 10.6 Å². The molecule has 0 aliphatic heterocycles. The van der Waals surface area contributed by atoms with Gasteiger partial charge < -0.3 is 21.1 Å². The van der Waals surface area contributed by atoms with E-state index in [9.17, 15) is 9.18 Å². The van der Waals surface area contributed by atoms with Crippen LogP contribution in [0.1, 0.15) is 6.42 Å². The molecule has 1 aromatic carbocycles. The predicted octanol–water partition coefficient (Wildman–Crippen LogP) is 0.710. The zero-order valence-corrected chi connectivity index (χ0v) is 10.5. The summed E-state index contributed by atoms with van der Waals surface area (Å²) in [4.78, 5) is 11.3. The predicted molar refractivity (Wildman–Crippen MR) is 68.1 cm³/mol. The summed E-state index contributed by atoms with van der Waals surface area (Å²) in [7, 11) is 2.96. The lowest BCUT2D eigenvalue weighted by molar-refractivity contribution is -0.120. The maximum absolute atomic E-state index is 13.2. The van der Waals surface area contributed by atoms with Gasteiger partial charge in [-0.15, -0.1) is 0 Å². The minimum Gasteiger partial charge on any atom is -0.494 e. The second kappa shape index (κ2) is 6.80. The molecule has 0 aliphatic rings. The van der Waals surface area contributed by atoms with Gasteiger partial charge in [0.2, 0.25) is 5.91 Å². The van der Waals surface area contributed by atoms with Crippen molar-refractivity contribution in [2.45, 2.75) is 12.5 Å². The van der Waals surface area contributed by atoms with Crippen molar-refractivity contribution in [2.24, 2.45) is 5.73 Å². The van der Waals surface area contributed by atoms with E-state index < -0.39 is 5.82 Å². The molecule has 1 atom stereocenters. The normalized spacial score (nSPS) is 11.8. The molecule has 6 heteroatoms. The van der Waals surface area contributed by atoms with Crippen molar-refractivity contribution in [3.63, 3.8) is 0 Å². The molecule has 0 radical (unpaired) electrons. The number of hydrogen-bond acceptors (Lipinski definition) is 4. The van der Waals surface area contributed by atoms with E-state index in [4.69, 9.17) is 10.5 Å². The number of carbonyl (C=O) groups excluding carboxylic acids is 1. The van der Waals surface area contributed by atoms with Crippen molar-refractivity contribution < 1.29 is 13.9 Å². The lowest BCUT2D eigenvalue weighted by Crippen LogP contribution is -2.34. The lowest BCUT2D eigenvalue weighted by atomic mass is 10.1. The number of anilines is 1. The quantitative estimate of drug-likeness (QED) is 0.699. The van der Waals surface area contributed by atoms with Gasteiger partial charge in [-0.2, -0.15) is 0 Å². The molecule has 4 N–H and O–H groups in total. The minimum atomic E-state index is -0.432. The number of nitrogens with one attached hydrogen (secondary N) is 2. The Morgan fingerprint density at radius 1 is 1.56 bits per heavy atom. The van der Waals surface area contributed by atoms with Gasteiger partial charge in [0.1, 0.15) is 0 Å². The van der Waals surface area contributed by atoms with E-state index in [1.807, 2.05) is 0 Å². The molecule has 0 aliphatic carbocycles. The van der Waals surface area contributed by atoms with Gasteiger partial charge in [0.25, 0.3) is 0 Å². The van der Waals surface area contributed by atoms with Crippen molar-refractivity contribution in [3.05, 3.63) is 24.0 Å². The van der Waals surface area contributed by atoms with Gasteiger partial charge in [0.05, 0.1) is 7.11 Å². The Hall–Kier alpha value is -1.82. The van der Waals surface area contributed by atoms with Gasteiger partial charge in [-0.1, -0.05) is 0 Å². The zero-order valence-electron chi connectivity index (χ0n) is 10.5. The first-order chi connectivity index (χ1) is 8.60. The van der Waals surface area contributed by atoms with Gasteiger partial charge in [0.15, 0.2) is 11.6 Å². The number of hydrogen-bond donors (Lipinski definition) is 3. The molecular weight excluding hydrogens is 237 g/mol. The SMILES string of the molecule is CNC(=O)CC(CN)Nc1ccc(F)c(OC)c1. The second-order valence-corrected chi connectivity index (χ2v) is 3.80. The molecule has 1 amide bonds. The fraction of sp³-hybridized carbons (Fsp3) is 0.417. The summed E-state index contributed by atoms with van der Waals surface area (Å²) in [5.74, 6) is -0.388. The molecule has 100 valence electrons. The van der Waals surface area contributed by atoms with Crippen LogP contribution in [-0.4, -0.2) is 32.7 Å². The van der Waals surface area contributed by atoms with Crippen LogP contribution in [0.5, 0.6) is 5.75 Å². The first-order valence-corrected chi connectivity index (χ1v) is 5.61. The first kappa shape index (κ1) is 14.2. The maximum Gasteiger partial charge on any atom is 0.221 e. The van der Waals surface area contributed by atoms with Crippen molar-refractivity contribution in [1.29, 1.82) is 0 Å². The lowest BCUT2D eigenvalue weighted by Gasteiger charge is -2.17. The van der Waals surface area contributed by atoms with Crippen molar-refractivity contribution in [1.82, 2.24) is 5.32 Å². The summed E-state index contributed by atoms with van der Waals surface area (Å²) < 4.78 is 18.1. The van der Waals surface area contributed by atoms with Gasteiger partial charge in [-0.25, -0.2) is 4.39 Å². The highest BCUT2D eigenvalue weighted by molar-refractivity contribution is 5.76. The molecule has 0 heterocycles. The Morgan fingerprint density at radius 2 is 2.28 bits per heavy atom. The second-order valence-electron chi connectivity index (χ2n) is 3.80. The van der Waals surface area contributed by atoms with Gasteiger partial charge >= 0.3 is 0 Å². The van der Waals surface area contributed by atoms with E-state index in [-0.39, 0.29) is 24.1 Å². The van der Waals surface area contributed by atoms with E-state index in [1.165, 1.54) is 19.2 Å². The molecule has 0 fully saturated rings. The standard InChI is InChI=1S/C12H18FN3O2/c1-15-12(17)6-9(7-14)16-8-3-4-10(13)11(5-8)18-2/h3-5,9,16H,6-7,14H2,1-2H3,(H,15,17). The molecule has 1 rings (SSSR count). The number of ether oxygens (including phenoxy) is 1. The fourth-order valence-corrected chi connectivity index (χ4v) is 1.50. The highest BCUT2D eigenvalue weighted by atomic mass is 19.1. The summed E-state index contributed by atoms with van der Waals surface area (Å²) in [6, 6.07) is 4.20. The smallest absolute Gasteiger partial charge is 0.221 e. The number of carbonyl (C=O) groups is 1. The Bertz CT molecular complexity index is 412. The van der Waals surface area contributed by atoms with Crippen LogP contribution in [-0.2, 0) is 4.79 Å². The van der Waals surface area contributed by atoms with Crippen LogP contribution in [0, 0.1) is 5.82 Å². The molecule has 0 saturated carbocycles. The third-order valence-corrected chi connectivity index (χ3v) is 2.52. The zero-order chi connectivity index (χ0) is 13.5. The monoisotopic (exact) mass is 255 g/mol. The molecule has 0 spiro atoms. The number of nitrogens with two attached hydrogens (primary N) is 1. The third-order valence-electron chi connectivity index (χ3n) is 2.52. The van der Waals surface area contributed by atoms with Crippen LogP contribution in [0.25, 0.3) is 0 Å². The number of amides is 1. The van der Waals surface area contributed by atoms with E-state index in [1.54, 1.807) is 13.1 Å². The summed E-state index contributed by atoms with van der Waals surface area (Å²) >= 11 is 0. The van der Waals surface area contributed by atoms with Crippen molar-refractivity contribution in [2.75, 3.05) is 26.0 Å². The van der Waals surface area contributed by atoms with Crippen LogP contribution in [0.15, 0.2) is 18.2 Å². The number of rotatable bonds is 6. The van der Waals surface area contributed by atoms with Gasteiger partial charge in [-0.3, -0.25) is 4.79 Å². The third kappa shape index (κ3) is 3.89. The van der Waals surface area contributed by atoms with Crippen LogP contribution in [0.4, 0.5) is 10.1 Å². The van der Waals surface area contributed by atoms with E-state index in [0.29, 0.717) is 12.2 Å². The Morgan fingerprint density at radius 3 is 2.83 bits per heavy atom. The summed E-state index contributed by atoms with van der Waals surface area (Å²) in [6.45, 7) is 0.299. The fourth-order valence-electron chi connectivity index (χ4n) is 1.50. The number of halogens is 1. The maximum atomic E-state index is 13.2. The van der Waals surface area contributed by atoms with Crippen LogP contribution >= 0.6 is 0 Å². The highest BCUT2D eigenvalue weighted by Gasteiger charge is 2.12. The van der Waals surface area contributed by atoms with E-state index >= 15 is 0 Å². The average molecular weight is 255 g/mol. The molecule has 0 bridgehead atoms. The van der Waals surface area contributed by atoms with Gasteiger partial charge in [0, 0.05) is 37.8 Å². The van der Waals surface area contributed by atoms with Crippen molar-refractivity contribution >= 4 is 11.6 Å². The van der Waals surface area contributed by atoms with Crippen molar-refractivity contribution in [3.8, 4) is 5.75 Å². The Kier molecular flexibility index (Phi) is 5.38. The molecule has 0 saturated heterocycles. The number of benzene rings is 1. The molecule has 1 aromatic rings. The van der Waals surface area contributed by atoms with Crippen LogP contribution < -0.4 is 21.1 Å². The molecular formula is C12H18FN3O2. The molecule has 0 aromatic heterocycles. The molecule has 5 nitrogen and oxygen atoms in total. The minimum absolute atomic E-state index is 0.105. The Balaban J connectivity index is 2.72. The first-order valence-electron chi connectivity index (χ1n) is 5.61. The van der Waals surface area contributed by atoms with Crippen LogP contribution in [0.2, 0.25) is 0 Å². The van der Waals surface area contributed by atoms with Gasteiger partial charge in [-0.05, 0) is 12.1 Å². The molecule has 1 unspecified atom stereocenters. The average Bonchev–Trinajstić information content (AvgIpc) is 2.39. The topological polar surface area (TPSA) is 76.4 Å². The summed E-state index contributed by atoms with van der Waals surface area (Å²) in [5, 5.41) is 5.59. The molecule has 18 heavy (non-hydrogen) atoms. The highest BCUT2D eigenvalue weighted by Crippen LogP contribution is 2.22. The Labute approximate surface area is 106 Å². The summed E-state index contributed by atoms with van der Waals surface area (Å²) in [6.07, 6.45) is 0.257. The largest absolute Gasteiger partial charge is 0.494 e. The summed E-state index contributed by atoms with van der Waals surface area (Å²) in [5.41, 5.74) is 6.24. The number of methoxy groups -OCH3 is 1.